The summed E-state index contributed by atoms with van der Waals surface area (Å²) in [5.41, 5.74) is 19.0. The van der Waals surface area contributed by atoms with Crippen molar-refractivity contribution in [1.29, 1.82) is 0 Å². The van der Waals surface area contributed by atoms with E-state index < -0.39 is 25.9 Å². The van der Waals surface area contributed by atoms with Crippen molar-refractivity contribution >= 4 is 52.3 Å². The molecule has 2 unspecified atom stereocenters. The minimum atomic E-state index is -5.55. The van der Waals surface area contributed by atoms with Crippen LogP contribution in [0.4, 0.5) is 0 Å². The van der Waals surface area contributed by atoms with Gasteiger partial charge in [-0.25, -0.2) is 0 Å². The summed E-state index contributed by atoms with van der Waals surface area (Å²) in [5, 5.41) is 2.98. The second-order valence-electron chi connectivity index (χ2n) is 17.0. The molecule has 0 nitrogen and oxygen atoms in total. The number of fused-ring (bicyclic) bond motifs is 5. The number of benzene rings is 6. The Morgan fingerprint density at radius 2 is 0.931 bits per heavy atom. The number of rotatable bonds is 13. The van der Waals surface area contributed by atoms with Crippen molar-refractivity contribution < 1.29 is 16.4 Å². The summed E-state index contributed by atoms with van der Waals surface area (Å²) < 4.78 is 1.17. The molecule has 0 aromatic heterocycles. The Hall–Kier alpha value is -3.52. The molecule has 293 valence electrons. The Kier molecular flexibility index (Phi) is 11.1. The SMILES string of the molecule is CCCCc1ccccc1-c1cccc2c1C=C(CC)[CH]2[Zr]([Cl])([Cl])([c]1cccc2c1[SiH2]c1ccccc1-2)[CH]1C(CC)=Cc2c(-c3ccccc3CCCC)cccc21. The van der Waals surface area contributed by atoms with E-state index in [1.165, 1.54) is 117 Å². The van der Waals surface area contributed by atoms with Gasteiger partial charge in [-0.15, -0.1) is 0 Å². The molecule has 2 aliphatic carbocycles. The molecule has 0 spiro atoms. The van der Waals surface area contributed by atoms with Crippen molar-refractivity contribution in [3.8, 4) is 33.4 Å². The molecule has 1 heterocycles. The second-order valence-corrected chi connectivity index (χ2v) is 39.4. The van der Waals surface area contributed by atoms with E-state index in [-0.39, 0.29) is 7.25 Å². The van der Waals surface area contributed by atoms with Crippen LogP contribution >= 0.6 is 17.0 Å². The number of unbranched alkanes of at least 4 members (excludes halogenated alkanes) is 2. The third-order valence-corrected chi connectivity index (χ3v) is 36.5. The van der Waals surface area contributed by atoms with Gasteiger partial charge in [0.2, 0.25) is 0 Å². The first kappa shape index (κ1) is 39.9. The molecule has 9 rings (SSSR count). The van der Waals surface area contributed by atoms with E-state index in [1.54, 1.807) is 0 Å². The molecule has 6 aromatic carbocycles. The van der Waals surface area contributed by atoms with Crippen LogP contribution in [0.15, 0.2) is 139 Å². The van der Waals surface area contributed by atoms with Crippen LogP contribution in [0.2, 0.25) is 0 Å². The number of aryl methyl sites for hydroxylation is 2. The predicted octanol–water partition coefficient (Wildman–Crippen LogP) is 13.5. The third-order valence-electron chi connectivity index (χ3n) is 13.8. The second kappa shape index (κ2) is 16.2. The van der Waals surface area contributed by atoms with Gasteiger partial charge in [-0.3, -0.25) is 0 Å². The zero-order chi connectivity index (χ0) is 40.0. The van der Waals surface area contributed by atoms with Gasteiger partial charge in [-0.05, 0) is 0 Å². The monoisotopic (exact) mass is 891 g/mol. The summed E-state index contributed by atoms with van der Waals surface area (Å²) in [6.45, 7) is 9.22. The van der Waals surface area contributed by atoms with Crippen molar-refractivity contribution in [3.05, 3.63) is 172 Å². The van der Waals surface area contributed by atoms with E-state index in [2.05, 4.69) is 167 Å². The molecule has 3 aliphatic rings. The maximum absolute atomic E-state index is 9.27. The number of allylic oxidation sites excluding steroid dienone is 2. The van der Waals surface area contributed by atoms with Crippen LogP contribution in [0, 0.1) is 0 Å². The Bertz CT molecular complexity index is 2480. The van der Waals surface area contributed by atoms with Crippen LogP contribution in [0.1, 0.15) is 107 Å². The fourth-order valence-electron chi connectivity index (χ4n) is 11.1. The van der Waals surface area contributed by atoms with E-state index >= 15 is 0 Å². The van der Waals surface area contributed by atoms with Gasteiger partial charge in [0.25, 0.3) is 0 Å². The van der Waals surface area contributed by atoms with Crippen molar-refractivity contribution in [1.82, 2.24) is 0 Å². The van der Waals surface area contributed by atoms with Crippen LogP contribution < -0.4 is 13.6 Å². The minimum absolute atomic E-state index is 0.0665. The van der Waals surface area contributed by atoms with E-state index in [0.29, 0.717) is 0 Å². The van der Waals surface area contributed by atoms with Crippen molar-refractivity contribution in [3.63, 3.8) is 0 Å². The number of hydrogen-bond donors (Lipinski definition) is 0. The molecular weight excluding hydrogens is 839 g/mol. The van der Waals surface area contributed by atoms with Gasteiger partial charge in [-0.2, -0.15) is 0 Å². The maximum atomic E-state index is 9.27. The third kappa shape index (κ3) is 6.39. The van der Waals surface area contributed by atoms with Gasteiger partial charge in [0.15, 0.2) is 0 Å². The summed E-state index contributed by atoms with van der Waals surface area (Å²) in [6, 6.07) is 48.3. The molecule has 58 heavy (non-hydrogen) atoms. The predicted molar refractivity (Wildman–Crippen MR) is 254 cm³/mol. The number of hydrogen-bond acceptors (Lipinski definition) is 0. The standard InChI is InChI=1S/2C21H23.C12H9Si.2ClH.Zr/c2*1-3-5-9-17-10-6-7-12-19(17)20-13-8-11-18-14-16(4-2)15-21(18)20;1-3-7-11-9(5-1)10-6-2-4-8-12(10)13-11;;;/h2*6-8,10-15H,3-5,9H2,1-2H3;1-7H,13H2;2*1H;/q;;;;;+2/p-2. The molecule has 2 atom stereocenters. The van der Waals surface area contributed by atoms with Crippen molar-refractivity contribution in [2.75, 3.05) is 0 Å². The zero-order valence-electron chi connectivity index (χ0n) is 34.6. The van der Waals surface area contributed by atoms with Crippen LogP contribution in [0.25, 0.3) is 45.5 Å². The first-order chi connectivity index (χ1) is 28.3. The first-order valence-corrected chi connectivity index (χ1v) is 33.7. The van der Waals surface area contributed by atoms with Crippen LogP contribution in [0.5, 0.6) is 0 Å². The summed E-state index contributed by atoms with van der Waals surface area (Å²) in [7, 11) is 17.7. The van der Waals surface area contributed by atoms with Crippen molar-refractivity contribution in [2.24, 2.45) is 0 Å². The molecule has 0 saturated carbocycles. The molecule has 4 heteroatoms. The average molecular weight is 894 g/mol. The molecule has 0 fully saturated rings. The van der Waals surface area contributed by atoms with Gasteiger partial charge in [0, 0.05) is 0 Å². The Balaban J connectivity index is 1.32. The Labute approximate surface area is 357 Å². The van der Waals surface area contributed by atoms with Crippen LogP contribution in [0.3, 0.4) is 0 Å². The first-order valence-electron chi connectivity index (χ1n) is 21.9. The molecule has 0 bridgehead atoms. The molecular formula is C54H55Cl2SiZr. The van der Waals surface area contributed by atoms with Crippen LogP contribution in [-0.4, -0.2) is 9.52 Å². The molecule has 0 N–H and O–H groups in total. The van der Waals surface area contributed by atoms with Gasteiger partial charge in [-0.1, -0.05) is 0 Å². The van der Waals surface area contributed by atoms with Gasteiger partial charge < -0.3 is 0 Å². The summed E-state index contributed by atoms with van der Waals surface area (Å²) in [6.07, 6.45) is 13.7. The quantitative estimate of drug-likeness (QED) is 0.101. The molecule has 0 radical (unpaired) electrons. The number of halogens is 2. The summed E-state index contributed by atoms with van der Waals surface area (Å²) in [4.78, 5) is 0. The van der Waals surface area contributed by atoms with Gasteiger partial charge in [0.05, 0.1) is 0 Å². The van der Waals surface area contributed by atoms with Crippen LogP contribution in [-0.2, 0) is 29.2 Å². The average Bonchev–Trinajstić information content (AvgIpc) is 3.97. The van der Waals surface area contributed by atoms with E-state index in [0.717, 1.165) is 25.7 Å². The summed E-state index contributed by atoms with van der Waals surface area (Å²) >= 11 is -5.55. The van der Waals surface area contributed by atoms with Crippen molar-refractivity contribution in [2.45, 2.75) is 86.3 Å². The molecule has 0 amide bonds. The molecule has 1 aliphatic heterocycles. The van der Waals surface area contributed by atoms with Gasteiger partial charge >= 0.3 is 360 Å². The van der Waals surface area contributed by atoms with Gasteiger partial charge in [0.1, 0.15) is 0 Å². The molecule has 0 saturated heterocycles. The topological polar surface area (TPSA) is 0 Å². The zero-order valence-corrected chi connectivity index (χ0v) is 39.9. The Morgan fingerprint density at radius 3 is 1.45 bits per heavy atom. The normalized spacial score (nSPS) is 17.6. The van der Waals surface area contributed by atoms with E-state index in [1.807, 2.05) is 0 Å². The molecule has 6 aromatic rings. The summed E-state index contributed by atoms with van der Waals surface area (Å²) in [5.74, 6) is 0. The van der Waals surface area contributed by atoms with E-state index in [4.69, 9.17) is 0 Å². The fourth-order valence-corrected chi connectivity index (χ4v) is 39.4. The fraction of sp³-hybridized carbons (Fsp3) is 0.259. The van der Waals surface area contributed by atoms with E-state index in [9.17, 15) is 17.0 Å². The Morgan fingerprint density at radius 1 is 0.483 bits per heavy atom.